The summed E-state index contributed by atoms with van der Waals surface area (Å²) in [4.78, 5) is 23.1. The van der Waals surface area contributed by atoms with E-state index in [-0.39, 0.29) is 5.69 Å². The maximum absolute atomic E-state index is 10.8. The van der Waals surface area contributed by atoms with Crippen LogP contribution in [0.25, 0.3) is 0 Å². The Labute approximate surface area is 108 Å². The van der Waals surface area contributed by atoms with E-state index in [0.29, 0.717) is 16.6 Å². The quantitative estimate of drug-likeness (QED) is 0.671. The van der Waals surface area contributed by atoms with Gasteiger partial charge in [-0.3, -0.25) is 0 Å². The average Bonchev–Trinajstić information content (AvgIpc) is 2.38. The number of hydrogen-bond acceptors (Lipinski definition) is 5. The molecule has 0 unspecified atom stereocenters. The standard InChI is InChI=1S/C12H11N3O2S/c1-8-5-13-12(14-6-8)18-7-9-3-2-4-10(15-9)11(16)17/h2-6H,7H2,1H3,(H,16,17). The molecular formula is C12H11N3O2S. The van der Waals surface area contributed by atoms with Crippen LogP contribution in [-0.2, 0) is 5.75 Å². The molecule has 2 rings (SSSR count). The van der Waals surface area contributed by atoms with Gasteiger partial charge in [-0.25, -0.2) is 19.7 Å². The Hall–Kier alpha value is -1.95. The van der Waals surface area contributed by atoms with Gasteiger partial charge in [-0.05, 0) is 24.6 Å². The van der Waals surface area contributed by atoms with Crippen LogP contribution in [0.2, 0.25) is 0 Å². The van der Waals surface area contributed by atoms with Gasteiger partial charge in [-0.15, -0.1) is 0 Å². The van der Waals surface area contributed by atoms with Crippen LogP contribution in [0, 0.1) is 6.92 Å². The van der Waals surface area contributed by atoms with E-state index >= 15 is 0 Å². The van der Waals surface area contributed by atoms with Gasteiger partial charge in [0.05, 0.1) is 5.69 Å². The number of nitrogens with zero attached hydrogens (tertiary/aromatic N) is 3. The van der Waals surface area contributed by atoms with Crippen molar-refractivity contribution in [3.8, 4) is 0 Å². The number of carbonyl (C=O) groups is 1. The minimum absolute atomic E-state index is 0.0536. The lowest BCUT2D eigenvalue weighted by Crippen LogP contribution is -2.01. The average molecular weight is 261 g/mol. The molecule has 0 saturated heterocycles. The van der Waals surface area contributed by atoms with E-state index in [0.717, 1.165) is 5.56 Å². The second-order valence-electron chi connectivity index (χ2n) is 3.65. The fraction of sp³-hybridized carbons (Fsp3) is 0.167. The minimum atomic E-state index is -1.02. The summed E-state index contributed by atoms with van der Waals surface area (Å²) in [6.45, 7) is 1.92. The summed E-state index contributed by atoms with van der Waals surface area (Å²) in [5.41, 5.74) is 1.76. The molecule has 5 nitrogen and oxygen atoms in total. The predicted octanol–water partition coefficient (Wildman–Crippen LogP) is 2.17. The van der Waals surface area contributed by atoms with Crippen molar-refractivity contribution in [2.45, 2.75) is 17.8 Å². The molecule has 0 amide bonds. The minimum Gasteiger partial charge on any atom is -0.477 e. The highest BCUT2D eigenvalue weighted by Crippen LogP contribution is 2.17. The van der Waals surface area contributed by atoms with Gasteiger partial charge in [0, 0.05) is 18.1 Å². The van der Waals surface area contributed by atoms with E-state index in [1.54, 1.807) is 24.5 Å². The number of pyridine rings is 1. The molecule has 0 aliphatic rings. The SMILES string of the molecule is Cc1cnc(SCc2cccc(C(=O)O)n2)nc1. The van der Waals surface area contributed by atoms with Crippen LogP contribution in [0.1, 0.15) is 21.7 Å². The van der Waals surface area contributed by atoms with Gasteiger partial charge in [0.2, 0.25) is 0 Å². The fourth-order valence-corrected chi connectivity index (χ4v) is 1.97. The lowest BCUT2D eigenvalue weighted by molar-refractivity contribution is 0.0690. The van der Waals surface area contributed by atoms with E-state index in [4.69, 9.17) is 5.11 Å². The third kappa shape index (κ3) is 3.27. The number of aryl methyl sites for hydroxylation is 1. The third-order valence-corrected chi connectivity index (χ3v) is 3.04. The number of aromatic carboxylic acids is 1. The second kappa shape index (κ2) is 5.59. The number of carboxylic acid groups (broad SMARTS) is 1. The van der Waals surface area contributed by atoms with Crippen LogP contribution in [-0.4, -0.2) is 26.0 Å². The van der Waals surface area contributed by atoms with Crippen LogP contribution in [0.3, 0.4) is 0 Å². The van der Waals surface area contributed by atoms with Crippen molar-refractivity contribution in [3.63, 3.8) is 0 Å². The molecule has 1 N–H and O–H groups in total. The number of aromatic nitrogens is 3. The summed E-state index contributed by atoms with van der Waals surface area (Å²) in [6, 6.07) is 4.94. The molecule has 0 aliphatic carbocycles. The van der Waals surface area contributed by atoms with Gasteiger partial charge in [0.15, 0.2) is 5.16 Å². The van der Waals surface area contributed by atoms with Crippen LogP contribution in [0.5, 0.6) is 0 Å². The highest BCUT2D eigenvalue weighted by molar-refractivity contribution is 7.98. The van der Waals surface area contributed by atoms with Crippen molar-refractivity contribution in [1.29, 1.82) is 0 Å². The fourth-order valence-electron chi connectivity index (χ4n) is 1.27. The Morgan fingerprint density at radius 2 is 2.06 bits per heavy atom. The summed E-state index contributed by atoms with van der Waals surface area (Å²) < 4.78 is 0. The van der Waals surface area contributed by atoms with Crippen LogP contribution >= 0.6 is 11.8 Å². The molecule has 2 aromatic heterocycles. The zero-order valence-corrected chi connectivity index (χ0v) is 10.5. The molecule has 0 radical (unpaired) electrons. The molecular weight excluding hydrogens is 250 g/mol. The molecule has 0 spiro atoms. The highest BCUT2D eigenvalue weighted by Gasteiger charge is 2.06. The van der Waals surface area contributed by atoms with Crippen LogP contribution in [0.15, 0.2) is 35.7 Å². The molecule has 0 bridgehead atoms. The first-order chi connectivity index (χ1) is 8.65. The van der Waals surface area contributed by atoms with E-state index in [1.165, 1.54) is 17.8 Å². The summed E-state index contributed by atoms with van der Waals surface area (Å²) >= 11 is 1.42. The maximum Gasteiger partial charge on any atom is 0.354 e. The number of rotatable bonds is 4. The van der Waals surface area contributed by atoms with Crippen molar-refractivity contribution >= 4 is 17.7 Å². The van der Waals surface area contributed by atoms with Gasteiger partial charge >= 0.3 is 5.97 Å². The van der Waals surface area contributed by atoms with Crippen LogP contribution < -0.4 is 0 Å². The molecule has 92 valence electrons. The molecule has 6 heteroatoms. The summed E-state index contributed by atoms with van der Waals surface area (Å²) in [5.74, 6) is -0.474. The van der Waals surface area contributed by atoms with E-state index < -0.39 is 5.97 Å². The number of hydrogen-bond donors (Lipinski definition) is 1. The van der Waals surface area contributed by atoms with Gasteiger partial charge in [-0.2, -0.15) is 0 Å². The Balaban J connectivity index is 2.04. The van der Waals surface area contributed by atoms with E-state index in [9.17, 15) is 4.79 Å². The molecule has 0 atom stereocenters. The molecule has 0 fully saturated rings. The normalized spacial score (nSPS) is 10.3. The van der Waals surface area contributed by atoms with Crippen molar-refractivity contribution in [3.05, 3.63) is 47.5 Å². The van der Waals surface area contributed by atoms with Crippen molar-refractivity contribution in [2.75, 3.05) is 0 Å². The maximum atomic E-state index is 10.8. The summed E-state index contributed by atoms with van der Waals surface area (Å²) in [5, 5.41) is 9.49. The van der Waals surface area contributed by atoms with Crippen molar-refractivity contribution < 1.29 is 9.90 Å². The number of carboxylic acids is 1. The van der Waals surface area contributed by atoms with Gasteiger partial charge < -0.3 is 5.11 Å². The predicted molar refractivity (Wildman–Crippen MR) is 67.5 cm³/mol. The topological polar surface area (TPSA) is 76.0 Å². The zero-order chi connectivity index (χ0) is 13.0. The third-order valence-electron chi connectivity index (χ3n) is 2.13. The van der Waals surface area contributed by atoms with E-state index in [1.807, 2.05) is 6.92 Å². The molecule has 0 saturated carbocycles. The van der Waals surface area contributed by atoms with Crippen LogP contribution in [0.4, 0.5) is 0 Å². The Morgan fingerprint density at radius 3 is 2.72 bits per heavy atom. The first-order valence-electron chi connectivity index (χ1n) is 5.26. The lowest BCUT2D eigenvalue weighted by Gasteiger charge is -2.01. The first kappa shape index (κ1) is 12.5. The largest absolute Gasteiger partial charge is 0.477 e. The van der Waals surface area contributed by atoms with Crippen molar-refractivity contribution in [2.24, 2.45) is 0 Å². The zero-order valence-electron chi connectivity index (χ0n) is 9.70. The molecule has 2 heterocycles. The van der Waals surface area contributed by atoms with Gasteiger partial charge in [-0.1, -0.05) is 17.8 Å². The van der Waals surface area contributed by atoms with Gasteiger partial charge in [0.1, 0.15) is 5.69 Å². The van der Waals surface area contributed by atoms with Crippen molar-refractivity contribution in [1.82, 2.24) is 15.0 Å². The summed E-state index contributed by atoms with van der Waals surface area (Å²) in [6.07, 6.45) is 3.49. The smallest absolute Gasteiger partial charge is 0.354 e. The summed E-state index contributed by atoms with van der Waals surface area (Å²) in [7, 11) is 0. The Morgan fingerprint density at radius 1 is 1.33 bits per heavy atom. The molecule has 0 aromatic carbocycles. The monoisotopic (exact) mass is 261 g/mol. The molecule has 0 aliphatic heterocycles. The highest BCUT2D eigenvalue weighted by atomic mass is 32.2. The Bertz CT molecular complexity index is 558. The lowest BCUT2D eigenvalue weighted by atomic mass is 10.3. The second-order valence-corrected chi connectivity index (χ2v) is 4.59. The Kier molecular flexibility index (Phi) is 3.88. The number of thioether (sulfide) groups is 1. The van der Waals surface area contributed by atoms with Gasteiger partial charge in [0.25, 0.3) is 0 Å². The molecule has 2 aromatic rings. The van der Waals surface area contributed by atoms with E-state index in [2.05, 4.69) is 15.0 Å². The first-order valence-corrected chi connectivity index (χ1v) is 6.24. The molecule has 18 heavy (non-hydrogen) atoms.